The van der Waals surface area contributed by atoms with Crippen molar-refractivity contribution in [1.82, 2.24) is 14.6 Å². The van der Waals surface area contributed by atoms with Gasteiger partial charge in [0.1, 0.15) is 0 Å². The summed E-state index contributed by atoms with van der Waals surface area (Å²) in [5.41, 5.74) is 5.86. The average molecular weight is 213 g/mol. The van der Waals surface area contributed by atoms with E-state index in [0.29, 0.717) is 0 Å². The minimum atomic E-state index is 0.983. The number of aromatic nitrogens is 3. The van der Waals surface area contributed by atoms with E-state index < -0.39 is 0 Å². The van der Waals surface area contributed by atoms with Gasteiger partial charge in [0.25, 0.3) is 0 Å². The number of nitrogens with zero attached hydrogens (tertiary/aromatic N) is 3. The van der Waals surface area contributed by atoms with Crippen molar-refractivity contribution < 1.29 is 0 Å². The Morgan fingerprint density at radius 1 is 1.31 bits per heavy atom. The molecule has 0 bridgehead atoms. The van der Waals surface area contributed by atoms with Crippen LogP contribution in [0.15, 0.2) is 17.8 Å². The summed E-state index contributed by atoms with van der Waals surface area (Å²) in [6.07, 6.45) is 7.97. The molecule has 0 saturated heterocycles. The molecule has 82 valence electrons. The van der Waals surface area contributed by atoms with Crippen molar-refractivity contribution in [3.8, 4) is 0 Å². The van der Waals surface area contributed by atoms with Crippen LogP contribution in [-0.2, 0) is 0 Å². The Morgan fingerprint density at radius 3 is 2.81 bits per heavy atom. The first-order valence-corrected chi connectivity index (χ1v) is 5.75. The third-order valence-corrected chi connectivity index (χ3v) is 3.16. The van der Waals surface area contributed by atoms with E-state index in [0.717, 1.165) is 22.6 Å². The summed E-state index contributed by atoms with van der Waals surface area (Å²) in [5.74, 6) is 0. The minimum absolute atomic E-state index is 0.983. The van der Waals surface area contributed by atoms with Crippen LogP contribution in [0.4, 0.5) is 0 Å². The van der Waals surface area contributed by atoms with E-state index in [2.05, 4.69) is 29.1 Å². The van der Waals surface area contributed by atoms with Crippen molar-refractivity contribution in [3.63, 3.8) is 0 Å². The standard InChI is InChI=1S/C13H15N3/c1-9-6-10(2)16-13(15-9)12(8-14-16)7-11-4-3-5-11/h6-8H,3-5H2,1-2H3. The molecule has 0 aliphatic heterocycles. The number of fused-ring (bicyclic) bond motifs is 1. The molecule has 0 N–H and O–H groups in total. The predicted molar refractivity (Wildman–Crippen MR) is 64.3 cm³/mol. The van der Waals surface area contributed by atoms with Gasteiger partial charge in [-0.25, -0.2) is 9.50 Å². The molecular formula is C13H15N3. The largest absolute Gasteiger partial charge is 0.233 e. The molecule has 0 aromatic carbocycles. The summed E-state index contributed by atoms with van der Waals surface area (Å²) in [4.78, 5) is 4.56. The monoisotopic (exact) mass is 213 g/mol. The molecule has 3 rings (SSSR count). The van der Waals surface area contributed by atoms with E-state index >= 15 is 0 Å². The maximum Gasteiger partial charge on any atom is 0.162 e. The van der Waals surface area contributed by atoms with Gasteiger partial charge in [0, 0.05) is 17.0 Å². The summed E-state index contributed by atoms with van der Waals surface area (Å²) in [6, 6.07) is 2.06. The van der Waals surface area contributed by atoms with E-state index in [1.54, 1.807) is 0 Å². The molecule has 1 saturated carbocycles. The molecule has 3 nitrogen and oxygen atoms in total. The van der Waals surface area contributed by atoms with Gasteiger partial charge in [-0.1, -0.05) is 11.6 Å². The summed E-state index contributed by atoms with van der Waals surface area (Å²) in [6.45, 7) is 4.09. The van der Waals surface area contributed by atoms with Crippen molar-refractivity contribution in [2.24, 2.45) is 0 Å². The highest BCUT2D eigenvalue weighted by Gasteiger charge is 2.11. The van der Waals surface area contributed by atoms with E-state index in [4.69, 9.17) is 0 Å². The van der Waals surface area contributed by atoms with Crippen LogP contribution >= 0.6 is 0 Å². The zero-order valence-corrected chi connectivity index (χ0v) is 9.70. The first kappa shape index (κ1) is 9.58. The number of rotatable bonds is 1. The Balaban J connectivity index is 2.18. The maximum absolute atomic E-state index is 4.56. The lowest BCUT2D eigenvalue weighted by molar-refractivity contribution is 0.670. The SMILES string of the molecule is Cc1cc(C)n2ncc(C=C3CCC3)c2n1. The summed E-state index contributed by atoms with van der Waals surface area (Å²) in [7, 11) is 0. The van der Waals surface area contributed by atoms with E-state index in [-0.39, 0.29) is 0 Å². The van der Waals surface area contributed by atoms with Gasteiger partial charge in [-0.05, 0) is 39.2 Å². The number of hydrogen-bond acceptors (Lipinski definition) is 2. The molecule has 2 aromatic heterocycles. The topological polar surface area (TPSA) is 30.2 Å². The van der Waals surface area contributed by atoms with Gasteiger partial charge in [-0.2, -0.15) is 5.10 Å². The van der Waals surface area contributed by atoms with E-state index in [1.807, 2.05) is 17.6 Å². The summed E-state index contributed by atoms with van der Waals surface area (Å²) < 4.78 is 1.91. The zero-order chi connectivity index (χ0) is 11.1. The molecule has 0 radical (unpaired) electrons. The summed E-state index contributed by atoms with van der Waals surface area (Å²) in [5, 5.41) is 4.38. The molecule has 1 aliphatic rings. The van der Waals surface area contributed by atoms with Gasteiger partial charge in [-0.15, -0.1) is 0 Å². The Bertz CT molecular complexity index is 572. The fraction of sp³-hybridized carbons (Fsp3) is 0.385. The molecule has 3 heteroatoms. The van der Waals surface area contributed by atoms with Gasteiger partial charge in [0.05, 0.1) is 6.20 Å². The van der Waals surface area contributed by atoms with E-state index in [9.17, 15) is 0 Å². The van der Waals surface area contributed by atoms with Crippen molar-refractivity contribution in [2.75, 3.05) is 0 Å². The highest BCUT2D eigenvalue weighted by molar-refractivity contribution is 5.67. The van der Waals surface area contributed by atoms with E-state index in [1.165, 1.54) is 24.8 Å². The van der Waals surface area contributed by atoms with Crippen LogP contribution in [0.2, 0.25) is 0 Å². The lowest BCUT2D eigenvalue weighted by Gasteiger charge is -2.15. The first-order chi connectivity index (χ1) is 7.74. The maximum atomic E-state index is 4.56. The molecule has 2 aromatic rings. The molecule has 1 aliphatic carbocycles. The third kappa shape index (κ3) is 1.43. The lowest BCUT2D eigenvalue weighted by atomic mass is 9.91. The normalized spacial score (nSPS) is 15.2. The van der Waals surface area contributed by atoms with Gasteiger partial charge in [0.15, 0.2) is 5.65 Å². The molecule has 0 unspecified atom stereocenters. The smallest absolute Gasteiger partial charge is 0.162 e. The van der Waals surface area contributed by atoms with Crippen LogP contribution in [0.25, 0.3) is 11.7 Å². The second-order valence-corrected chi connectivity index (χ2v) is 4.53. The molecular weight excluding hydrogens is 198 g/mol. The van der Waals surface area contributed by atoms with Crippen LogP contribution in [0.5, 0.6) is 0 Å². The van der Waals surface area contributed by atoms with Crippen LogP contribution in [0.1, 0.15) is 36.2 Å². The molecule has 16 heavy (non-hydrogen) atoms. The quantitative estimate of drug-likeness (QED) is 0.729. The van der Waals surface area contributed by atoms with Gasteiger partial charge < -0.3 is 0 Å². The van der Waals surface area contributed by atoms with Crippen LogP contribution in [0, 0.1) is 13.8 Å². The summed E-state index contributed by atoms with van der Waals surface area (Å²) >= 11 is 0. The lowest BCUT2D eigenvalue weighted by Crippen LogP contribution is -1.98. The molecule has 2 heterocycles. The van der Waals surface area contributed by atoms with Crippen molar-refractivity contribution in [2.45, 2.75) is 33.1 Å². The number of hydrogen-bond donors (Lipinski definition) is 0. The molecule has 1 fully saturated rings. The Labute approximate surface area is 94.8 Å². The average Bonchev–Trinajstić information content (AvgIpc) is 2.55. The van der Waals surface area contributed by atoms with Crippen molar-refractivity contribution in [3.05, 3.63) is 34.8 Å². The second kappa shape index (κ2) is 3.44. The van der Waals surface area contributed by atoms with Gasteiger partial charge >= 0.3 is 0 Å². The number of allylic oxidation sites excluding steroid dienone is 1. The highest BCUT2D eigenvalue weighted by Crippen LogP contribution is 2.28. The minimum Gasteiger partial charge on any atom is -0.233 e. The van der Waals surface area contributed by atoms with Crippen LogP contribution in [-0.4, -0.2) is 14.6 Å². The first-order valence-electron chi connectivity index (χ1n) is 5.75. The van der Waals surface area contributed by atoms with Crippen LogP contribution in [0.3, 0.4) is 0 Å². The van der Waals surface area contributed by atoms with Gasteiger partial charge in [-0.3, -0.25) is 0 Å². The van der Waals surface area contributed by atoms with Crippen molar-refractivity contribution in [1.29, 1.82) is 0 Å². The fourth-order valence-corrected chi connectivity index (χ4v) is 2.13. The predicted octanol–water partition coefficient (Wildman–Crippen LogP) is 2.91. The third-order valence-electron chi connectivity index (χ3n) is 3.16. The fourth-order valence-electron chi connectivity index (χ4n) is 2.13. The Hall–Kier alpha value is -1.64. The second-order valence-electron chi connectivity index (χ2n) is 4.53. The molecule has 0 spiro atoms. The van der Waals surface area contributed by atoms with Gasteiger partial charge in [0.2, 0.25) is 0 Å². The van der Waals surface area contributed by atoms with Crippen LogP contribution < -0.4 is 0 Å². The Kier molecular flexibility index (Phi) is 2.06. The zero-order valence-electron chi connectivity index (χ0n) is 9.70. The molecule has 0 amide bonds. The highest BCUT2D eigenvalue weighted by atomic mass is 15.2. The Morgan fingerprint density at radius 2 is 2.12 bits per heavy atom. The molecule has 0 atom stereocenters. The van der Waals surface area contributed by atoms with Crippen molar-refractivity contribution >= 4 is 11.7 Å². The number of aryl methyl sites for hydroxylation is 2.